The maximum absolute atomic E-state index is 13.5. The Labute approximate surface area is 198 Å². The maximum Gasteiger partial charge on any atom is 0.162 e. The molecule has 186 valence electrons. The Morgan fingerprint density at radius 2 is 1.65 bits per heavy atom. The Balaban J connectivity index is 1.32. The van der Waals surface area contributed by atoms with E-state index < -0.39 is 22.8 Å². The average molecular weight is 479 g/mol. The second-order valence-corrected chi connectivity index (χ2v) is 9.26. The molecule has 9 heteroatoms. The first-order valence-electron chi connectivity index (χ1n) is 11.5. The summed E-state index contributed by atoms with van der Waals surface area (Å²) in [6, 6.07) is 11.1. The van der Waals surface area contributed by atoms with Crippen LogP contribution >= 0.6 is 0 Å². The van der Waals surface area contributed by atoms with Gasteiger partial charge in [-0.15, -0.1) is 0 Å². The fraction of sp³-hybridized carbons (Fsp3) is 0.520. The number of anilines is 1. The number of halogens is 2. The van der Waals surface area contributed by atoms with Gasteiger partial charge in [0.05, 0.1) is 25.9 Å². The third-order valence-corrected chi connectivity index (χ3v) is 6.49. The van der Waals surface area contributed by atoms with Gasteiger partial charge in [0.1, 0.15) is 23.7 Å². The van der Waals surface area contributed by atoms with Crippen LogP contribution in [0.25, 0.3) is 0 Å². The predicted octanol–water partition coefficient (Wildman–Crippen LogP) is 2.45. The van der Waals surface area contributed by atoms with Crippen LogP contribution in [0.15, 0.2) is 42.5 Å². The monoisotopic (exact) mass is 478 g/mol. The van der Waals surface area contributed by atoms with Gasteiger partial charge in [0.2, 0.25) is 0 Å². The summed E-state index contributed by atoms with van der Waals surface area (Å²) in [5.41, 5.74) is -1.13. The molecule has 1 atom stereocenters. The molecule has 0 bridgehead atoms. The molecule has 0 unspecified atom stereocenters. The van der Waals surface area contributed by atoms with Gasteiger partial charge < -0.3 is 29.3 Å². The summed E-state index contributed by atoms with van der Waals surface area (Å²) in [6.45, 7) is 2.98. The zero-order valence-electron chi connectivity index (χ0n) is 19.4. The van der Waals surface area contributed by atoms with Gasteiger partial charge in [-0.05, 0) is 49.2 Å². The zero-order valence-corrected chi connectivity index (χ0v) is 19.4. The molecule has 0 saturated carbocycles. The van der Waals surface area contributed by atoms with Crippen molar-refractivity contribution in [3.05, 3.63) is 54.1 Å². The number of aliphatic hydroxyl groups is 2. The van der Waals surface area contributed by atoms with Crippen LogP contribution in [-0.2, 0) is 4.74 Å². The normalized spacial score (nSPS) is 23.4. The number of piperidine rings is 1. The molecule has 7 nitrogen and oxygen atoms in total. The summed E-state index contributed by atoms with van der Waals surface area (Å²) in [4.78, 5) is 4.23. The van der Waals surface area contributed by atoms with Crippen LogP contribution < -0.4 is 14.4 Å². The largest absolute Gasteiger partial charge is 0.497 e. The molecule has 0 aliphatic carbocycles. The second-order valence-electron chi connectivity index (χ2n) is 9.26. The second kappa shape index (κ2) is 10.4. The van der Waals surface area contributed by atoms with Gasteiger partial charge in [0.15, 0.2) is 11.6 Å². The van der Waals surface area contributed by atoms with E-state index in [9.17, 15) is 19.0 Å². The molecule has 2 aromatic rings. The Hall–Kier alpha value is -2.46. The highest BCUT2D eigenvalue weighted by Gasteiger charge is 2.39. The van der Waals surface area contributed by atoms with Crippen molar-refractivity contribution in [2.75, 3.05) is 64.6 Å². The molecule has 0 amide bonds. The molecule has 2 N–H and O–H groups in total. The standard InChI is InChI=1S/C25H32F2N2O5/c1-32-20-4-2-19(3-5-20)29-10-8-24(30,9-11-29)15-28-12-13-33-17-25(31,16-28)18-34-21-6-7-22(26)23(27)14-21/h2-7,14,30-31H,8-13,15-18H2,1H3/t25-/m1/s1. The van der Waals surface area contributed by atoms with Crippen LogP contribution in [0.5, 0.6) is 11.5 Å². The molecule has 34 heavy (non-hydrogen) atoms. The summed E-state index contributed by atoms with van der Waals surface area (Å²) in [6.07, 6.45) is 1.19. The smallest absolute Gasteiger partial charge is 0.162 e. The van der Waals surface area contributed by atoms with E-state index in [0.717, 1.165) is 36.7 Å². The molecular formula is C25H32F2N2O5. The van der Waals surface area contributed by atoms with Gasteiger partial charge in [-0.1, -0.05) is 0 Å². The summed E-state index contributed by atoms with van der Waals surface area (Å²) in [5, 5.41) is 22.4. The molecule has 2 aromatic carbocycles. The van der Waals surface area contributed by atoms with E-state index in [1.54, 1.807) is 7.11 Å². The van der Waals surface area contributed by atoms with Crippen molar-refractivity contribution in [3.63, 3.8) is 0 Å². The lowest BCUT2D eigenvalue weighted by Gasteiger charge is -2.42. The van der Waals surface area contributed by atoms with Crippen molar-refractivity contribution in [2.45, 2.75) is 24.0 Å². The van der Waals surface area contributed by atoms with Crippen molar-refractivity contribution < 1.29 is 33.2 Å². The van der Waals surface area contributed by atoms with Gasteiger partial charge in [-0.25, -0.2) is 8.78 Å². The molecule has 0 spiro atoms. The molecule has 2 aliphatic heterocycles. The van der Waals surface area contributed by atoms with E-state index in [1.807, 2.05) is 29.2 Å². The van der Waals surface area contributed by atoms with Crippen LogP contribution in [0.4, 0.5) is 14.5 Å². The highest BCUT2D eigenvalue weighted by atomic mass is 19.2. The summed E-state index contributed by atoms with van der Waals surface area (Å²) < 4.78 is 42.9. The quantitative estimate of drug-likeness (QED) is 0.633. The number of benzene rings is 2. The Bertz CT molecular complexity index is 953. The Kier molecular flexibility index (Phi) is 7.57. The van der Waals surface area contributed by atoms with Gasteiger partial charge >= 0.3 is 0 Å². The average Bonchev–Trinajstić information content (AvgIpc) is 3.01. The maximum atomic E-state index is 13.5. The van der Waals surface area contributed by atoms with Gasteiger partial charge in [0, 0.05) is 44.5 Å². The number of methoxy groups -OCH3 is 1. The number of rotatable bonds is 7. The number of nitrogens with zero attached hydrogens (tertiary/aromatic N) is 2. The van der Waals surface area contributed by atoms with Crippen molar-refractivity contribution >= 4 is 5.69 Å². The van der Waals surface area contributed by atoms with E-state index in [2.05, 4.69) is 4.90 Å². The van der Waals surface area contributed by atoms with E-state index in [4.69, 9.17) is 14.2 Å². The minimum Gasteiger partial charge on any atom is -0.497 e. The third-order valence-electron chi connectivity index (χ3n) is 6.49. The molecule has 2 aliphatic rings. The number of β-amino-alcohol motifs (C(OH)–C–C–N with tert-alkyl or cyclic N) is 2. The Morgan fingerprint density at radius 3 is 2.32 bits per heavy atom. The summed E-state index contributed by atoms with van der Waals surface area (Å²) in [7, 11) is 1.64. The number of ether oxygens (including phenoxy) is 3. The molecule has 2 fully saturated rings. The molecule has 0 radical (unpaired) electrons. The van der Waals surface area contributed by atoms with Crippen molar-refractivity contribution in [1.82, 2.24) is 4.90 Å². The molecule has 0 aromatic heterocycles. The SMILES string of the molecule is COc1ccc(N2CCC(O)(CN3CCOC[C@@](O)(COc4ccc(F)c(F)c4)C3)CC2)cc1. The topological polar surface area (TPSA) is 74.6 Å². The van der Waals surface area contributed by atoms with Crippen molar-refractivity contribution in [2.24, 2.45) is 0 Å². The van der Waals surface area contributed by atoms with Crippen LogP contribution in [-0.4, -0.2) is 86.0 Å². The summed E-state index contributed by atoms with van der Waals surface area (Å²) >= 11 is 0. The lowest BCUT2D eigenvalue weighted by molar-refractivity contribution is -0.0743. The first-order chi connectivity index (χ1) is 16.3. The van der Waals surface area contributed by atoms with E-state index >= 15 is 0 Å². The summed E-state index contributed by atoms with van der Waals surface area (Å²) in [5.74, 6) is -1.03. The highest BCUT2D eigenvalue weighted by Crippen LogP contribution is 2.29. The first kappa shape index (κ1) is 24.7. The lowest BCUT2D eigenvalue weighted by atomic mass is 9.90. The number of hydrogen-bond acceptors (Lipinski definition) is 7. The Morgan fingerprint density at radius 1 is 0.941 bits per heavy atom. The molecule has 4 rings (SSSR count). The molecular weight excluding hydrogens is 446 g/mol. The predicted molar refractivity (Wildman–Crippen MR) is 123 cm³/mol. The van der Waals surface area contributed by atoms with Crippen LogP contribution in [0.1, 0.15) is 12.8 Å². The number of hydrogen-bond donors (Lipinski definition) is 2. The molecule has 2 saturated heterocycles. The molecule has 2 heterocycles. The van der Waals surface area contributed by atoms with Crippen LogP contribution in [0.2, 0.25) is 0 Å². The highest BCUT2D eigenvalue weighted by molar-refractivity contribution is 5.49. The zero-order chi connectivity index (χ0) is 24.2. The van der Waals surface area contributed by atoms with E-state index in [1.165, 1.54) is 6.07 Å². The van der Waals surface area contributed by atoms with Crippen molar-refractivity contribution in [1.29, 1.82) is 0 Å². The lowest BCUT2D eigenvalue weighted by Crippen LogP contribution is -2.55. The van der Waals surface area contributed by atoms with Gasteiger partial charge in [-0.3, -0.25) is 4.90 Å². The fourth-order valence-electron chi connectivity index (χ4n) is 4.55. The van der Waals surface area contributed by atoms with Crippen molar-refractivity contribution in [3.8, 4) is 11.5 Å². The van der Waals surface area contributed by atoms with Gasteiger partial charge in [-0.2, -0.15) is 0 Å². The first-order valence-corrected chi connectivity index (χ1v) is 11.5. The third kappa shape index (κ3) is 6.15. The van der Waals surface area contributed by atoms with Crippen LogP contribution in [0, 0.1) is 11.6 Å². The van der Waals surface area contributed by atoms with Crippen LogP contribution in [0.3, 0.4) is 0 Å². The van der Waals surface area contributed by atoms with Gasteiger partial charge in [0.25, 0.3) is 0 Å². The minimum atomic E-state index is -1.35. The van der Waals surface area contributed by atoms with E-state index in [0.29, 0.717) is 32.5 Å². The minimum absolute atomic E-state index is 0.0524. The fourth-order valence-corrected chi connectivity index (χ4v) is 4.55. The van der Waals surface area contributed by atoms with E-state index in [-0.39, 0.29) is 25.5 Å².